The van der Waals surface area contributed by atoms with E-state index in [1.54, 1.807) is 12.1 Å². The van der Waals surface area contributed by atoms with Crippen LogP contribution in [0.4, 0.5) is 8.78 Å². The highest BCUT2D eigenvalue weighted by molar-refractivity contribution is 5.73. The molecule has 0 nitrogen and oxygen atoms in total. The number of hydrogen-bond acceptors (Lipinski definition) is 0. The van der Waals surface area contributed by atoms with Gasteiger partial charge in [-0.1, -0.05) is 54.6 Å². The molecule has 2 aromatic rings. The molecule has 0 atom stereocenters. The molecule has 0 aliphatic heterocycles. The predicted molar refractivity (Wildman–Crippen MR) is 80.4 cm³/mol. The minimum absolute atomic E-state index is 0.295. The summed E-state index contributed by atoms with van der Waals surface area (Å²) in [6.07, 6.45) is 7.74. The van der Waals surface area contributed by atoms with Crippen LogP contribution < -0.4 is 0 Å². The summed E-state index contributed by atoms with van der Waals surface area (Å²) < 4.78 is 27.2. The average molecular weight is 270 g/mol. The van der Waals surface area contributed by atoms with Gasteiger partial charge in [0.05, 0.1) is 0 Å². The molecule has 0 radical (unpaired) electrons. The van der Waals surface area contributed by atoms with Gasteiger partial charge in [0, 0.05) is 5.56 Å². The van der Waals surface area contributed by atoms with Gasteiger partial charge >= 0.3 is 0 Å². The summed E-state index contributed by atoms with van der Waals surface area (Å²) >= 11 is 0. The molecular weight excluding hydrogens is 254 g/mol. The molecule has 0 heterocycles. The van der Waals surface area contributed by atoms with Crippen LogP contribution in [0, 0.1) is 18.6 Å². The summed E-state index contributed by atoms with van der Waals surface area (Å²) in [4.78, 5) is 0. The average Bonchev–Trinajstić information content (AvgIpc) is 2.44. The van der Waals surface area contributed by atoms with Crippen molar-refractivity contribution in [3.63, 3.8) is 0 Å². The van der Waals surface area contributed by atoms with Crippen LogP contribution in [0.2, 0.25) is 0 Å². The zero-order chi connectivity index (χ0) is 14.5. The number of halogens is 2. The maximum absolute atomic E-state index is 13.9. The van der Waals surface area contributed by atoms with Gasteiger partial charge in [-0.15, -0.1) is 0 Å². The summed E-state index contributed by atoms with van der Waals surface area (Å²) in [5.74, 6) is -1.62. The van der Waals surface area contributed by atoms with Crippen molar-refractivity contribution in [3.05, 3.63) is 77.4 Å². The Morgan fingerprint density at radius 3 is 2.35 bits per heavy atom. The second-order valence-electron chi connectivity index (χ2n) is 4.51. The smallest absolute Gasteiger partial charge is 0.166 e. The molecular formula is C18H16F2. The van der Waals surface area contributed by atoms with E-state index in [0.29, 0.717) is 11.1 Å². The van der Waals surface area contributed by atoms with Crippen molar-refractivity contribution in [2.45, 2.75) is 13.8 Å². The molecule has 0 N–H and O–H groups in total. The van der Waals surface area contributed by atoms with E-state index in [4.69, 9.17) is 0 Å². The summed E-state index contributed by atoms with van der Waals surface area (Å²) in [7, 11) is 0. The van der Waals surface area contributed by atoms with Crippen LogP contribution in [0.5, 0.6) is 0 Å². The van der Waals surface area contributed by atoms with Crippen molar-refractivity contribution >= 4 is 6.08 Å². The van der Waals surface area contributed by atoms with Gasteiger partial charge in [-0.2, -0.15) is 0 Å². The SMILES string of the molecule is C/C=C/C=C/c1cccc(-c2cccc(F)c2F)c1C. The van der Waals surface area contributed by atoms with Crippen LogP contribution in [0.1, 0.15) is 18.1 Å². The largest absolute Gasteiger partial charge is 0.204 e. The van der Waals surface area contributed by atoms with Crippen molar-refractivity contribution < 1.29 is 8.78 Å². The van der Waals surface area contributed by atoms with E-state index < -0.39 is 11.6 Å². The molecule has 2 aromatic carbocycles. The highest BCUT2D eigenvalue weighted by Gasteiger charge is 2.12. The van der Waals surface area contributed by atoms with Crippen molar-refractivity contribution in [2.24, 2.45) is 0 Å². The van der Waals surface area contributed by atoms with Crippen molar-refractivity contribution in [1.82, 2.24) is 0 Å². The quantitative estimate of drug-likeness (QED) is 0.643. The van der Waals surface area contributed by atoms with Gasteiger partial charge in [0.1, 0.15) is 0 Å². The van der Waals surface area contributed by atoms with E-state index >= 15 is 0 Å². The molecule has 0 fully saturated rings. The molecule has 0 aromatic heterocycles. The Morgan fingerprint density at radius 2 is 1.60 bits per heavy atom. The Kier molecular flexibility index (Phi) is 4.46. The van der Waals surface area contributed by atoms with E-state index in [9.17, 15) is 8.78 Å². The van der Waals surface area contributed by atoms with Crippen LogP contribution in [-0.2, 0) is 0 Å². The van der Waals surface area contributed by atoms with Gasteiger partial charge in [0.2, 0.25) is 0 Å². The lowest BCUT2D eigenvalue weighted by Gasteiger charge is -2.10. The highest BCUT2D eigenvalue weighted by atomic mass is 19.2. The zero-order valence-electron chi connectivity index (χ0n) is 11.5. The van der Waals surface area contributed by atoms with Crippen molar-refractivity contribution in [1.29, 1.82) is 0 Å². The first-order chi connectivity index (χ1) is 9.65. The lowest BCUT2D eigenvalue weighted by Crippen LogP contribution is -1.93. The second kappa shape index (κ2) is 6.29. The third-order valence-electron chi connectivity index (χ3n) is 3.20. The standard InChI is InChI=1S/C18H16F2/c1-3-4-5-8-14-9-6-10-15(13(14)2)16-11-7-12-17(19)18(16)20/h3-12H,1-2H3/b4-3+,8-5+. The Bertz CT molecular complexity index is 667. The molecule has 0 aliphatic rings. The van der Waals surface area contributed by atoms with Crippen LogP contribution in [0.15, 0.2) is 54.6 Å². The Morgan fingerprint density at radius 1 is 0.900 bits per heavy atom. The van der Waals surface area contributed by atoms with E-state index in [-0.39, 0.29) is 0 Å². The molecule has 0 amide bonds. The molecule has 2 heteroatoms. The van der Waals surface area contributed by atoms with Crippen LogP contribution in [0.3, 0.4) is 0 Å². The van der Waals surface area contributed by atoms with Crippen LogP contribution in [0.25, 0.3) is 17.2 Å². The molecule has 0 bridgehead atoms. The fraction of sp³-hybridized carbons (Fsp3) is 0.111. The molecule has 0 unspecified atom stereocenters. The molecule has 2 rings (SSSR count). The van der Waals surface area contributed by atoms with Gasteiger partial charge in [-0.25, -0.2) is 8.78 Å². The van der Waals surface area contributed by atoms with Crippen molar-refractivity contribution in [2.75, 3.05) is 0 Å². The normalized spacial score (nSPS) is 11.6. The lowest BCUT2D eigenvalue weighted by molar-refractivity contribution is 0.511. The summed E-state index contributed by atoms with van der Waals surface area (Å²) in [5.41, 5.74) is 2.93. The maximum Gasteiger partial charge on any atom is 0.166 e. The number of allylic oxidation sites excluding steroid dienone is 3. The third kappa shape index (κ3) is 2.85. The molecule has 0 aliphatic carbocycles. The lowest BCUT2D eigenvalue weighted by atomic mass is 9.96. The molecule has 0 saturated carbocycles. The highest BCUT2D eigenvalue weighted by Crippen LogP contribution is 2.29. The predicted octanol–water partition coefficient (Wildman–Crippen LogP) is 5.53. The molecule has 0 spiro atoms. The van der Waals surface area contributed by atoms with Gasteiger partial charge in [-0.05, 0) is 36.6 Å². The fourth-order valence-electron chi connectivity index (χ4n) is 2.11. The Hall–Kier alpha value is -2.22. The molecule has 102 valence electrons. The van der Waals surface area contributed by atoms with Crippen LogP contribution >= 0.6 is 0 Å². The zero-order valence-corrected chi connectivity index (χ0v) is 11.5. The molecule has 20 heavy (non-hydrogen) atoms. The van der Waals surface area contributed by atoms with Crippen LogP contribution in [-0.4, -0.2) is 0 Å². The monoisotopic (exact) mass is 270 g/mol. The van der Waals surface area contributed by atoms with Gasteiger partial charge in [0.15, 0.2) is 11.6 Å². The van der Waals surface area contributed by atoms with Gasteiger partial charge in [-0.3, -0.25) is 0 Å². The fourth-order valence-corrected chi connectivity index (χ4v) is 2.11. The number of hydrogen-bond donors (Lipinski definition) is 0. The minimum Gasteiger partial charge on any atom is -0.204 e. The summed E-state index contributed by atoms with van der Waals surface area (Å²) in [5, 5.41) is 0. The minimum atomic E-state index is -0.822. The third-order valence-corrected chi connectivity index (χ3v) is 3.20. The Balaban J connectivity index is 2.53. The van der Waals surface area contributed by atoms with E-state index in [2.05, 4.69) is 0 Å². The van der Waals surface area contributed by atoms with Crippen molar-refractivity contribution in [3.8, 4) is 11.1 Å². The van der Waals surface area contributed by atoms with E-state index in [0.717, 1.165) is 17.2 Å². The number of rotatable bonds is 3. The topological polar surface area (TPSA) is 0 Å². The van der Waals surface area contributed by atoms with E-state index in [1.165, 1.54) is 6.07 Å². The first kappa shape index (κ1) is 14.2. The summed E-state index contributed by atoms with van der Waals surface area (Å²) in [6.45, 7) is 3.85. The summed E-state index contributed by atoms with van der Waals surface area (Å²) in [6, 6.07) is 9.86. The molecule has 0 saturated heterocycles. The number of benzene rings is 2. The van der Waals surface area contributed by atoms with E-state index in [1.807, 2.05) is 50.3 Å². The Labute approximate surface area is 118 Å². The second-order valence-corrected chi connectivity index (χ2v) is 4.51. The maximum atomic E-state index is 13.9. The van der Waals surface area contributed by atoms with Gasteiger partial charge < -0.3 is 0 Å². The first-order valence-corrected chi connectivity index (χ1v) is 6.48. The first-order valence-electron chi connectivity index (χ1n) is 6.48. The van der Waals surface area contributed by atoms with Gasteiger partial charge in [0.25, 0.3) is 0 Å².